The van der Waals surface area contributed by atoms with E-state index in [-0.39, 0.29) is 0 Å². The molecule has 3 aromatic rings. The van der Waals surface area contributed by atoms with Crippen molar-refractivity contribution in [1.29, 1.82) is 0 Å². The van der Waals surface area contributed by atoms with Crippen molar-refractivity contribution in [3.8, 4) is 23.0 Å². The highest BCUT2D eigenvalue weighted by molar-refractivity contribution is 6.39. The first-order valence-corrected chi connectivity index (χ1v) is 10.2. The van der Waals surface area contributed by atoms with Gasteiger partial charge in [-0.3, -0.25) is 9.59 Å². The van der Waals surface area contributed by atoms with Crippen molar-refractivity contribution < 1.29 is 28.5 Å². The first kappa shape index (κ1) is 24.1. The minimum atomic E-state index is -0.941. The van der Waals surface area contributed by atoms with Crippen molar-refractivity contribution in [2.75, 3.05) is 26.6 Å². The van der Waals surface area contributed by atoms with Gasteiger partial charge in [0.25, 0.3) is 0 Å². The van der Waals surface area contributed by atoms with Gasteiger partial charge in [-0.25, -0.2) is 5.43 Å². The highest BCUT2D eigenvalue weighted by atomic mass is 16.5. The maximum atomic E-state index is 12.2. The van der Waals surface area contributed by atoms with E-state index in [9.17, 15) is 9.59 Å². The Labute approximate surface area is 197 Å². The van der Waals surface area contributed by atoms with Gasteiger partial charge in [0, 0.05) is 6.07 Å². The molecule has 0 fully saturated rings. The Kier molecular flexibility index (Phi) is 8.45. The van der Waals surface area contributed by atoms with E-state index in [4.69, 9.17) is 18.9 Å². The SMILES string of the molecule is COc1ccc(NC(=O)C(=O)N/N=C\c2ccc(OCc3ccccc3)c(OC)c2)c(OC)c1. The minimum Gasteiger partial charge on any atom is -0.497 e. The molecule has 0 heterocycles. The molecule has 0 aliphatic rings. The third-order valence-electron chi connectivity index (χ3n) is 4.67. The molecule has 34 heavy (non-hydrogen) atoms. The normalized spacial score (nSPS) is 10.4. The zero-order valence-electron chi connectivity index (χ0n) is 19.0. The van der Waals surface area contributed by atoms with E-state index in [2.05, 4.69) is 15.8 Å². The first-order chi connectivity index (χ1) is 16.5. The molecule has 2 amide bonds. The van der Waals surface area contributed by atoms with Crippen molar-refractivity contribution in [1.82, 2.24) is 5.43 Å². The van der Waals surface area contributed by atoms with Gasteiger partial charge in [0.1, 0.15) is 18.1 Å². The van der Waals surface area contributed by atoms with E-state index in [0.717, 1.165) is 5.56 Å². The van der Waals surface area contributed by atoms with Crippen LogP contribution in [0.4, 0.5) is 5.69 Å². The molecule has 0 aliphatic heterocycles. The maximum Gasteiger partial charge on any atom is 0.329 e. The lowest BCUT2D eigenvalue weighted by atomic mass is 10.2. The van der Waals surface area contributed by atoms with Crippen molar-refractivity contribution in [2.45, 2.75) is 6.61 Å². The molecule has 0 atom stereocenters. The van der Waals surface area contributed by atoms with E-state index >= 15 is 0 Å². The number of rotatable bonds is 9. The number of hydrogen-bond donors (Lipinski definition) is 2. The van der Waals surface area contributed by atoms with Gasteiger partial charge < -0.3 is 24.3 Å². The zero-order valence-corrected chi connectivity index (χ0v) is 19.0. The average Bonchev–Trinajstić information content (AvgIpc) is 2.88. The summed E-state index contributed by atoms with van der Waals surface area (Å²) in [4.78, 5) is 24.3. The summed E-state index contributed by atoms with van der Waals surface area (Å²) in [6.45, 7) is 0.398. The predicted molar refractivity (Wildman–Crippen MR) is 128 cm³/mol. The number of nitrogens with zero attached hydrogens (tertiary/aromatic N) is 1. The van der Waals surface area contributed by atoms with E-state index in [1.165, 1.54) is 27.5 Å². The molecule has 0 aromatic heterocycles. The molecule has 3 aromatic carbocycles. The van der Waals surface area contributed by atoms with Gasteiger partial charge in [-0.05, 0) is 41.5 Å². The zero-order chi connectivity index (χ0) is 24.3. The van der Waals surface area contributed by atoms with Gasteiger partial charge in [-0.1, -0.05) is 30.3 Å². The Morgan fingerprint density at radius 3 is 2.29 bits per heavy atom. The Morgan fingerprint density at radius 2 is 1.59 bits per heavy atom. The van der Waals surface area contributed by atoms with Crippen LogP contribution in [0.25, 0.3) is 0 Å². The summed E-state index contributed by atoms with van der Waals surface area (Å²) >= 11 is 0. The summed E-state index contributed by atoms with van der Waals surface area (Å²) in [5.41, 5.74) is 4.18. The van der Waals surface area contributed by atoms with Crippen LogP contribution >= 0.6 is 0 Å². The third kappa shape index (κ3) is 6.49. The number of carbonyl (C=O) groups is 2. The van der Waals surface area contributed by atoms with E-state index in [1.807, 2.05) is 30.3 Å². The fourth-order valence-electron chi connectivity index (χ4n) is 2.92. The van der Waals surface area contributed by atoms with Crippen LogP contribution in [-0.2, 0) is 16.2 Å². The lowest BCUT2D eigenvalue weighted by Crippen LogP contribution is -2.32. The number of hydrazone groups is 1. The molecule has 176 valence electrons. The molecule has 0 unspecified atom stereocenters. The molecule has 0 aliphatic carbocycles. The van der Waals surface area contributed by atoms with Gasteiger partial charge in [0.05, 0.1) is 33.2 Å². The van der Waals surface area contributed by atoms with E-state index in [0.29, 0.717) is 40.9 Å². The van der Waals surface area contributed by atoms with Crippen LogP contribution in [0.5, 0.6) is 23.0 Å². The molecule has 0 radical (unpaired) electrons. The van der Waals surface area contributed by atoms with Gasteiger partial charge in [0.15, 0.2) is 11.5 Å². The highest BCUT2D eigenvalue weighted by Gasteiger charge is 2.16. The molecule has 0 saturated heterocycles. The molecule has 3 rings (SSSR count). The number of nitrogens with one attached hydrogen (secondary N) is 2. The minimum absolute atomic E-state index is 0.322. The van der Waals surface area contributed by atoms with Crippen molar-refractivity contribution in [3.63, 3.8) is 0 Å². The molecule has 9 nitrogen and oxygen atoms in total. The Morgan fingerprint density at radius 1 is 0.824 bits per heavy atom. The van der Waals surface area contributed by atoms with Gasteiger partial charge in [-0.15, -0.1) is 0 Å². The van der Waals surface area contributed by atoms with Crippen LogP contribution in [0.1, 0.15) is 11.1 Å². The quantitative estimate of drug-likeness (QED) is 0.286. The molecule has 0 saturated carbocycles. The number of methoxy groups -OCH3 is 3. The van der Waals surface area contributed by atoms with Gasteiger partial charge in [-0.2, -0.15) is 5.10 Å². The van der Waals surface area contributed by atoms with Crippen LogP contribution in [0, 0.1) is 0 Å². The Balaban J connectivity index is 1.57. The van der Waals surface area contributed by atoms with E-state index < -0.39 is 11.8 Å². The second kappa shape index (κ2) is 11.9. The van der Waals surface area contributed by atoms with Crippen molar-refractivity contribution in [2.24, 2.45) is 5.10 Å². The number of amides is 2. The highest BCUT2D eigenvalue weighted by Crippen LogP contribution is 2.29. The van der Waals surface area contributed by atoms with Crippen LogP contribution in [0.3, 0.4) is 0 Å². The number of benzene rings is 3. The van der Waals surface area contributed by atoms with Crippen LogP contribution < -0.4 is 29.7 Å². The molecule has 9 heteroatoms. The van der Waals surface area contributed by atoms with Crippen molar-refractivity contribution >= 4 is 23.7 Å². The summed E-state index contributed by atoms with van der Waals surface area (Å²) in [7, 11) is 4.49. The summed E-state index contributed by atoms with van der Waals surface area (Å²) in [5, 5.41) is 6.31. The molecule has 2 N–H and O–H groups in total. The van der Waals surface area contributed by atoms with Gasteiger partial charge >= 0.3 is 11.8 Å². The lowest BCUT2D eigenvalue weighted by Gasteiger charge is -2.11. The first-order valence-electron chi connectivity index (χ1n) is 10.2. The largest absolute Gasteiger partial charge is 0.497 e. The maximum absolute atomic E-state index is 12.2. The second-order valence-corrected chi connectivity index (χ2v) is 6.90. The molecular weight excluding hydrogens is 438 g/mol. The summed E-state index contributed by atoms with van der Waals surface area (Å²) < 4.78 is 21.5. The average molecular weight is 463 g/mol. The fourth-order valence-corrected chi connectivity index (χ4v) is 2.92. The standard InChI is InChI=1S/C25H25N3O6/c1-31-19-10-11-20(22(14-19)32-2)27-24(29)25(30)28-26-15-18-9-12-21(23(13-18)33-3)34-16-17-7-5-4-6-8-17/h4-15H,16H2,1-3H3,(H,27,29)(H,28,30)/b26-15-. The molecular formula is C25H25N3O6. The van der Waals surface area contributed by atoms with Crippen LogP contribution in [0.2, 0.25) is 0 Å². The molecule has 0 spiro atoms. The molecule has 0 bridgehead atoms. The second-order valence-electron chi connectivity index (χ2n) is 6.90. The van der Waals surface area contributed by atoms with Crippen LogP contribution in [0.15, 0.2) is 71.8 Å². The fraction of sp³-hybridized carbons (Fsp3) is 0.160. The smallest absolute Gasteiger partial charge is 0.329 e. The summed E-state index contributed by atoms with van der Waals surface area (Å²) in [5.74, 6) is 0.143. The third-order valence-corrected chi connectivity index (χ3v) is 4.67. The Bertz CT molecular complexity index is 1160. The topological polar surface area (TPSA) is 107 Å². The monoisotopic (exact) mass is 463 g/mol. The van der Waals surface area contributed by atoms with Gasteiger partial charge in [0.2, 0.25) is 0 Å². The summed E-state index contributed by atoms with van der Waals surface area (Å²) in [6.07, 6.45) is 1.39. The van der Waals surface area contributed by atoms with Crippen molar-refractivity contribution in [3.05, 3.63) is 77.9 Å². The number of ether oxygens (including phenoxy) is 4. The Hall–Kier alpha value is -4.53. The number of hydrogen-bond acceptors (Lipinski definition) is 7. The summed E-state index contributed by atoms with van der Waals surface area (Å²) in [6, 6.07) is 19.8. The number of carbonyl (C=O) groups excluding carboxylic acids is 2. The predicted octanol–water partition coefficient (Wildman–Crippen LogP) is 3.38. The van der Waals surface area contributed by atoms with Crippen LogP contribution in [-0.4, -0.2) is 39.4 Å². The lowest BCUT2D eigenvalue weighted by molar-refractivity contribution is -0.136. The van der Waals surface area contributed by atoms with E-state index in [1.54, 1.807) is 36.4 Å². The number of anilines is 1.